The first-order valence-corrected chi connectivity index (χ1v) is 10.5. The number of benzene rings is 1. The Balaban J connectivity index is 1.52. The lowest BCUT2D eigenvalue weighted by molar-refractivity contribution is -0.209. The van der Waals surface area contributed by atoms with Crippen LogP contribution in [0.2, 0.25) is 0 Å². The largest absolute Gasteiger partial charge is 0.486 e. The average molecular weight is 355 g/mol. The van der Waals surface area contributed by atoms with Crippen LogP contribution in [-0.4, -0.2) is 52.1 Å². The van der Waals surface area contributed by atoms with Crippen molar-refractivity contribution in [1.82, 2.24) is 4.90 Å². The molecule has 5 atom stereocenters. The molecule has 2 saturated carbocycles. The summed E-state index contributed by atoms with van der Waals surface area (Å²) in [5.41, 5.74) is 2.53. The lowest BCUT2D eigenvalue weighted by Gasteiger charge is -2.64. The molecule has 3 fully saturated rings. The Labute approximate surface area is 155 Å². The molecule has 0 aromatic heterocycles. The smallest absolute Gasteiger partial charge is 0.137 e. The molecule has 4 nitrogen and oxygen atoms in total. The summed E-state index contributed by atoms with van der Waals surface area (Å²) in [6.07, 6.45) is 6.43. The summed E-state index contributed by atoms with van der Waals surface area (Å²) in [6, 6.07) is 4.57. The summed E-state index contributed by atoms with van der Waals surface area (Å²) in [4.78, 5) is 2.59. The van der Waals surface area contributed by atoms with Gasteiger partial charge in [-0.2, -0.15) is 0 Å². The van der Waals surface area contributed by atoms with Crippen molar-refractivity contribution in [2.45, 2.75) is 81.1 Å². The topological polar surface area (TPSA) is 52.9 Å². The van der Waals surface area contributed by atoms with E-state index in [4.69, 9.17) is 4.74 Å². The highest BCUT2D eigenvalue weighted by atomic mass is 16.5. The molecule has 0 amide bonds. The van der Waals surface area contributed by atoms with Gasteiger partial charge in [0.2, 0.25) is 0 Å². The number of ether oxygens (including phenoxy) is 1. The van der Waals surface area contributed by atoms with E-state index in [9.17, 15) is 10.2 Å². The van der Waals surface area contributed by atoms with Crippen molar-refractivity contribution >= 4 is 0 Å². The molecule has 6 rings (SSSR count). The van der Waals surface area contributed by atoms with E-state index in [-0.39, 0.29) is 12.1 Å². The molecule has 2 N–H and O–H groups in total. The van der Waals surface area contributed by atoms with E-state index in [1.54, 1.807) is 0 Å². The summed E-state index contributed by atoms with van der Waals surface area (Å²) in [5, 5.41) is 23.0. The average Bonchev–Trinajstić information content (AvgIpc) is 2.93. The molecule has 1 saturated heterocycles. The van der Waals surface area contributed by atoms with Crippen molar-refractivity contribution in [3.63, 3.8) is 0 Å². The molecule has 2 bridgehead atoms. The number of aliphatic hydroxyl groups is 2. The Hall–Kier alpha value is -1.10. The van der Waals surface area contributed by atoms with Gasteiger partial charge in [0.05, 0.1) is 17.1 Å². The van der Waals surface area contributed by atoms with E-state index in [0.29, 0.717) is 12.8 Å². The minimum absolute atomic E-state index is 0.164. The number of aryl methyl sites for hydroxylation is 1. The Morgan fingerprint density at radius 1 is 1.23 bits per heavy atom. The van der Waals surface area contributed by atoms with Gasteiger partial charge in [-0.3, -0.25) is 4.90 Å². The lowest BCUT2D eigenvalue weighted by Crippen LogP contribution is -2.77. The summed E-state index contributed by atoms with van der Waals surface area (Å²) in [5.74, 6) is 1.77. The predicted octanol–water partition coefficient (Wildman–Crippen LogP) is 2.31. The zero-order chi connectivity index (χ0) is 17.7. The van der Waals surface area contributed by atoms with Gasteiger partial charge in [-0.15, -0.1) is 0 Å². The van der Waals surface area contributed by atoms with Crippen LogP contribution in [0.1, 0.15) is 55.2 Å². The summed E-state index contributed by atoms with van der Waals surface area (Å²) < 4.78 is 6.41. The molecule has 0 radical (unpaired) electrons. The van der Waals surface area contributed by atoms with Crippen molar-refractivity contribution < 1.29 is 14.9 Å². The van der Waals surface area contributed by atoms with E-state index in [2.05, 4.69) is 24.0 Å². The van der Waals surface area contributed by atoms with Crippen LogP contribution in [-0.2, 0) is 11.8 Å². The number of aliphatic hydroxyl groups excluding tert-OH is 1. The first-order valence-electron chi connectivity index (χ1n) is 10.5. The zero-order valence-electron chi connectivity index (χ0n) is 15.6. The van der Waals surface area contributed by atoms with Crippen LogP contribution in [0.3, 0.4) is 0 Å². The highest BCUT2D eigenvalue weighted by molar-refractivity contribution is 5.60. The molecule has 4 heteroatoms. The minimum atomic E-state index is -0.773. The van der Waals surface area contributed by atoms with Gasteiger partial charge in [0.25, 0.3) is 0 Å². The maximum absolute atomic E-state index is 12.2. The van der Waals surface area contributed by atoms with Gasteiger partial charge < -0.3 is 14.9 Å². The third-order valence-electron chi connectivity index (χ3n) is 8.48. The maximum atomic E-state index is 12.2. The molecule has 5 aliphatic rings. The molecule has 1 unspecified atom stereocenters. The first kappa shape index (κ1) is 15.9. The molecule has 1 spiro atoms. The SMILES string of the molecule is Cc1ccc2c3c1O[C@H]1[C@@H](O)CC[C@@]4(O)C(C2)N(CC2CCC2)CC[C@]314. The van der Waals surface area contributed by atoms with Gasteiger partial charge >= 0.3 is 0 Å². The van der Waals surface area contributed by atoms with Gasteiger partial charge in [0, 0.05) is 18.2 Å². The van der Waals surface area contributed by atoms with Gasteiger partial charge in [-0.25, -0.2) is 0 Å². The van der Waals surface area contributed by atoms with Gasteiger partial charge in [-0.05, 0) is 69.0 Å². The van der Waals surface area contributed by atoms with E-state index in [1.165, 1.54) is 30.4 Å². The summed E-state index contributed by atoms with van der Waals surface area (Å²) in [7, 11) is 0. The Kier molecular flexibility index (Phi) is 3.08. The number of hydrogen-bond donors (Lipinski definition) is 2. The fourth-order valence-corrected chi connectivity index (χ4v) is 6.98. The molecule has 26 heavy (non-hydrogen) atoms. The monoisotopic (exact) mass is 355 g/mol. The second-order valence-electron chi connectivity index (χ2n) is 9.55. The van der Waals surface area contributed by atoms with Crippen LogP contribution in [0.5, 0.6) is 5.75 Å². The van der Waals surface area contributed by atoms with Gasteiger partial charge in [0.15, 0.2) is 0 Å². The third kappa shape index (κ3) is 1.68. The Morgan fingerprint density at radius 2 is 2.08 bits per heavy atom. The Morgan fingerprint density at radius 3 is 2.85 bits per heavy atom. The molecule has 140 valence electrons. The van der Waals surface area contributed by atoms with E-state index in [0.717, 1.165) is 43.2 Å². The highest BCUT2D eigenvalue weighted by Gasteiger charge is 2.72. The van der Waals surface area contributed by atoms with Crippen molar-refractivity contribution in [2.75, 3.05) is 13.1 Å². The van der Waals surface area contributed by atoms with Crippen LogP contribution in [0.25, 0.3) is 0 Å². The number of nitrogens with zero attached hydrogens (tertiary/aromatic N) is 1. The lowest BCUT2D eigenvalue weighted by atomic mass is 9.48. The van der Waals surface area contributed by atoms with E-state index < -0.39 is 17.1 Å². The fourth-order valence-electron chi connectivity index (χ4n) is 6.98. The molecular formula is C22H29NO3. The number of rotatable bonds is 2. The van der Waals surface area contributed by atoms with Crippen LogP contribution in [0, 0.1) is 12.8 Å². The van der Waals surface area contributed by atoms with Crippen LogP contribution in [0.15, 0.2) is 12.1 Å². The maximum Gasteiger partial charge on any atom is 0.137 e. The highest BCUT2D eigenvalue weighted by Crippen LogP contribution is 2.64. The summed E-state index contributed by atoms with van der Waals surface area (Å²) >= 11 is 0. The zero-order valence-corrected chi connectivity index (χ0v) is 15.6. The van der Waals surface area contributed by atoms with Gasteiger partial charge in [-0.1, -0.05) is 18.6 Å². The fraction of sp³-hybridized carbons (Fsp3) is 0.727. The van der Waals surface area contributed by atoms with Crippen molar-refractivity contribution in [3.8, 4) is 5.75 Å². The number of piperidine rings is 1. The number of hydrogen-bond acceptors (Lipinski definition) is 4. The molecular weight excluding hydrogens is 326 g/mol. The van der Waals surface area contributed by atoms with Crippen LogP contribution >= 0.6 is 0 Å². The standard InChI is InChI=1S/C22H29NO3/c1-13-5-6-15-11-17-22(25)8-7-16(24)20-21(22,18(15)19(13)26-20)9-10-23(17)12-14-3-2-4-14/h5-6,14,16-17,20,24-25H,2-4,7-12H2,1H3/t16-,17?,20-,21-,22+/m0/s1. The number of likely N-dealkylation sites (tertiary alicyclic amines) is 1. The van der Waals surface area contributed by atoms with Gasteiger partial charge in [0.1, 0.15) is 11.9 Å². The quantitative estimate of drug-likeness (QED) is 0.855. The Bertz CT molecular complexity index is 775. The van der Waals surface area contributed by atoms with Crippen LogP contribution in [0.4, 0.5) is 0 Å². The third-order valence-corrected chi connectivity index (χ3v) is 8.48. The minimum Gasteiger partial charge on any atom is -0.486 e. The van der Waals surface area contributed by atoms with Crippen molar-refractivity contribution in [2.24, 2.45) is 5.92 Å². The molecule has 2 aliphatic heterocycles. The van der Waals surface area contributed by atoms with Crippen molar-refractivity contribution in [3.05, 3.63) is 28.8 Å². The predicted molar refractivity (Wildman–Crippen MR) is 98.5 cm³/mol. The van der Waals surface area contributed by atoms with E-state index in [1.807, 2.05) is 0 Å². The molecule has 3 aliphatic carbocycles. The molecule has 1 aromatic rings. The second-order valence-corrected chi connectivity index (χ2v) is 9.55. The summed E-state index contributed by atoms with van der Waals surface area (Å²) in [6.45, 7) is 4.24. The van der Waals surface area contributed by atoms with Crippen LogP contribution < -0.4 is 4.74 Å². The molecule has 1 aromatic carbocycles. The first-order chi connectivity index (χ1) is 12.5. The van der Waals surface area contributed by atoms with Crippen molar-refractivity contribution in [1.29, 1.82) is 0 Å². The molecule has 2 heterocycles. The second kappa shape index (κ2) is 5.03. The normalized spacial score (nSPS) is 43.6. The van der Waals surface area contributed by atoms with E-state index >= 15 is 0 Å².